The minimum atomic E-state index is -0.666. The smallest absolute Gasteiger partial charge is 0.146 e. The molecule has 1 aromatic carbocycles. The molecule has 3 nitrogen and oxygen atoms in total. The number of ether oxygens (including phenoxy) is 1. The standard InChI is InChI=1S/C13H13F2NO2/c1-16-6-9-2-13(17-7-9)8-18-12-4-10(14)3-11(15)5-12/h2-5,7,16H,6,8H2,1H3. The van der Waals surface area contributed by atoms with Gasteiger partial charge in [0.15, 0.2) is 0 Å². The molecule has 0 aliphatic heterocycles. The molecule has 1 aromatic heterocycles. The highest BCUT2D eigenvalue weighted by Gasteiger charge is 2.05. The highest BCUT2D eigenvalue weighted by Crippen LogP contribution is 2.17. The molecule has 0 aliphatic carbocycles. The van der Waals surface area contributed by atoms with Crippen molar-refractivity contribution in [1.82, 2.24) is 5.32 Å². The lowest BCUT2D eigenvalue weighted by atomic mass is 10.3. The molecule has 0 atom stereocenters. The van der Waals surface area contributed by atoms with Crippen molar-refractivity contribution in [3.8, 4) is 5.75 Å². The number of rotatable bonds is 5. The Labute approximate surface area is 103 Å². The van der Waals surface area contributed by atoms with Crippen molar-refractivity contribution in [3.05, 3.63) is 53.5 Å². The van der Waals surface area contributed by atoms with Gasteiger partial charge in [0, 0.05) is 30.3 Å². The van der Waals surface area contributed by atoms with Gasteiger partial charge in [-0.25, -0.2) is 8.78 Å². The van der Waals surface area contributed by atoms with E-state index in [0.29, 0.717) is 12.3 Å². The van der Waals surface area contributed by atoms with E-state index in [0.717, 1.165) is 23.8 Å². The molecule has 0 bridgehead atoms. The zero-order valence-corrected chi connectivity index (χ0v) is 9.87. The van der Waals surface area contributed by atoms with E-state index < -0.39 is 11.6 Å². The molecule has 0 saturated heterocycles. The van der Waals surface area contributed by atoms with Gasteiger partial charge in [0.1, 0.15) is 29.8 Å². The maximum Gasteiger partial charge on any atom is 0.146 e. The molecule has 0 unspecified atom stereocenters. The third-order valence-corrected chi connectivity index (χ3v) is 2.31. The van der Waals surface area contributed by atoms with Crippen molar-refractivity contribution in [1.29, 1.82) is 0 Å². The van der Waals surface area contributed by atoms with Gasteiger partial charge in [-0.15, -0.1) is 0 Å². The Hall–Kier alpha value is -1.88. The molecule has 18 heavy (non-hydrogen) atoms. The van der Waals surface area contributed by atoms with Crippen LogP contribution in [0.4, 0.5) is 8.78 Å². The Bertz CT molecular complexity index is 505. The maximum atomic E-state index is 12.9. The quantitative estimate of drug-likeness (QED) is 0.889. The van der Waals surface area contributed by atoms with E-state index in [9.17, 15) is 8.78 Å². The second-order valence-corrected chi connectivity index (χ2v) is 3.85. The normalized spacial score (nSPS) is 10.6. The van der Waals surface area contributed by atoms with Crippen LogP contribution in [0.15, 0.2) is 34.9 Å². The first kappa shape index (κ1) is 12.6. The predicted molar refractivity (Wildman–Crippen MR) is 62.2 cm³/mol. The average Bonchev–Trinajstić information content (AvgIpc) is 2.74. The van der Waals surface area contributed by atoms with Crippen LogP contribution < -0.4 is 10.1 Å². The first-order valence-corrected chi connectivity index (χ1v) is 5.47. The van der Waals surface area contributed by atoms with Crippen LogP contribution in [0.3, 0.4) is 0 Å². The van der Waals surface area contributed by atoms with Gasteiger partial charge in [-0.2, -0.15) is 0 Å². The molecule has 2 aromatic rings. The summed E-state index contributed by atoms with van der Waals surface area (Å²) in [4.78, 5) is 0. The summed E-state index contributed by atoms with van der Waals surface area (Å²) in [6.45, 7) is 0.824. The monoisotopic (exact) mass is 253 g/mol. The Morgan fingerprint density at radius 2 is 1.89 bits per heavy atom. The fourth-order valence-corrected chi connectivity index (χ4v) is 1.57. The van der Waals surface area contributed by atoms with Gasteiger partial charge in [0.2, 0.25) is 0 Å². The van der Waals surface area contributed by atoms with Gasteiger partial charge in [0.25, 0.3) is 0 Å². The van der Waals surface area contributed by atoms with Gasteiger partial charge < -0.3 is 14.5 Å². The topological polar surface area (TPSA) is 34.4 Å². The van der Waals surface area contributed by atoms with Gasteiger partial charge in [-0.3, -0.25) is 0 Å². The van der Waals surface area contributed by atoms with Crippen LogP contribution in [0.1, 0.15) is 11.3 Å². The molecule has 1 heterocycles. The summed E-state index contributed by atoms with van der Waals surface area (Å²) in [6.07, 6.45) is 1.61. The number of nitrogens with one attached hydrogen (secondary N) is 1. The first-order valence-electron chi connectivity index (χ1n) is 5.47. The summed E-state index contributed by atoms with van der Waals surface area (Å²) < 4.78 is 36.3. The van der Waals surface area contributed by atoms with E-state index in [2.05, 4.69) is 5.32 Å². The van der Waals surface area contributed by atoms with Crippen LogP contribution in [0.25, 0.3) is 0 Å². The van der Waals surface area contributed by atoms with Gasteiger partial charge in [-0.1, -0.05) is 0 Å². The Morgan fingerprint density at radius 3 is 2.56 bits per heavy atom. The number of hydrogen-bond donors (Lipinski definition) is 1. The van der Waals surface area contributed by atoms with Crippen molar-refractivity contribution < 1.29 is 17.9 Å². The van der Waals surface area contributed by atoms with Gasteiger partial charge >= 0.3 is 0 Å². The van der Waals surface area contributed by atoms with Crippen molar-refractivity contribution in [2.24, 2.45) is 0 Å². The molecule has 1 N–H and O–H groups in total. The summed E-state index contributed by atoms with van der Waals surface area (Å²) in [5, 5.41) is 2.99. The third-order valence-electron chi connectivity index (χ3n) is 2.31. The number of hydrogen-bond acceptors (Lipinski definition) is 3. The van der Waals surface area contributed by atoms with Crippen molar-refractivity contribution >= 4 is 0 Å². The first-order chi connectivity index (χ1) is 8.67. The minimum absolute atomic E-state index is 0.132. The van der Waals surface area contributed by atoms with Crippen molar-refractivity contribution in [2.75, 3.05) is 7.05 Å². The summed E-state index contributed by atoms with van der Waals surface area (Å²) in [5.41, 5.74) is 0.988. The van der Waals surface area contributed by atoms with Crippen molar-refractivity contribution in [3.63, 3.8) is 0 Å². The number of benzene rings is 1. The summed E-state index contributed by atoms with van der Waals surface area (Å²) in [6, 6.07) is 4.87. The van der Waals surface area contributed by atoms with Crippen LogP contribution in [-0.4, -0.2) is 7.05 Å². The molecule has 0 fully saturated rings. The van der Waals surface area contributed by atoms with Crippen molar-refractivity contribution in [2.45, 2.75) is 13.2 Å². The second-order valence-electron chi connectivity index (χ2n) is 3.85. The molecular weight excluding hydrogens is 240 g/mol. The zero-order chi connectivity index (χ0) is 13.0. The minimum Gasteiger partial charge on any atom is -0.485 e. The van der Waals surface area contributed by atoms with E-state index in [1.165, 1.54) is 0 Å². The largest absolute Gasteiger partial charge is 0.485 e. The Kier molecular flexibility index (Phi) is 3.94. The van der Waals surface area contributed by atoms with E-state index in [4.69, 9.17) is 9.15 Å². The lowest BCUT2D eigenvalue weighted by Gasteiger charge is -2.04. The van der Waals surface area contributed by atoms with Crippen LogP contribution >= 0.6 is 0 Å². The molecule has 0 amide bonds. The Balaban J connectivity index is 1.97. The molecule has 96 valence electrons. The molecule has 5 heteroatoms. The lowest BCUT2D eigenvalue weighted by molar-refractivity contribution is 0.268. The maximum absolute atomic E-state index is 12.9. The third kappa shape index (κ3) is 3.30. The lowest BCUT2D eigenvalue weighted by Crippen LogP contribution is -2.03. The van der Waals surface area contributed by atoms with Crippen LogP contribution in [0.2, 0.25) is 0 Å². The summed E-state index contributed by atoms with van der Waals surface area (Å²) in [5.74, 6) is -0.593. The van der Waals surface area contributed by atoms with Crippen LogP contribution in [-0.2, 0) is 13.2 Å². The molecule has 2 rings (SSSR count). The molecule has 0 spiro atoms. The fraction of sp³-hybridized carbons (Fsp3) is 0.231. The average molecular weight is 253 g/mol. The van der Waals surface area contributed by atoms with Gasteiger partial charge in [0.05, 0.1) is 6.26 Å². The molecule has 0 saturated carbocycles. The Morgan fingerprint density at radius 1 is 1.17 bits per heavy atom. The molecule has 0 aliphatic rings. The van der Waals surface area contributed by atoms with E-state index in [1.54, 1.807) is 6.26 Å². The number of halogens is 2. The van der Waals surface area contributed by atoms with Gasteiger partial charge in [-0.05, 0) is 13.1 Å². The molecular formula is C13H13F2NO2. The second kappa shape index (κ2) is 5.64. The highest BCUT2D eigenvalue weighted by atomic mass is 19.1. The fourth-order valence-electron chi connectivity index (χ4n) is 1.57. The predicted octanol–water partition coefficient (Wildman–Crippen LogP) is 2.86. The SMILES string of the molecule is CNCc1coc(COc2cc(F)cc(F)c2)c1. The van der Waals surface area contributed by atoms with Crippen LogP contribution in [0.5, 0.6) is 5.75 Å². The van der Waals surface area contributed by atoms with E-state index in [-0.39, 0.29) is 12.4 Å². The summed E-state index contributed by atoms with van der Waals surface area (Å²) >= 11 is 0. The van der Waals surface area contributed by atoms with Crippen LogP contribution in [0, 0.1) is 11.6 Å². The number of furan rings is 1. The van der Waals surface area contributed by atoms with E-state index >= 15 is 0 Å². The van der Waals surface area contributed by atoms with E-state index in [1.807, 2.05) is 13.1 Å². The highest BCUT2D eigenvalue weighted by molar-refractivity contribution is 5.24. The molecule has 0 radical (unpaired) electrons. The zero-order valence-electron chi connectivity index (χ0n) is 9.87. The summed E-state index contributed by atoms with van der Waals surface area (Å²) in [7, 11) is 1.83.